The predicted molar refractivity (Wildman–Crippen MR) is 73.5 cm³/mol. The maximum Gasteiger partial charge on any atom is 0.223 e. The molecule has 2 heterocycles. The van der Waals surface area contributed by atoms with Crippen LogP contribution in [0.5, 0.6) is 0 Å². The average Bonchev–Trinajstić information content (AvgIpc) is 2.97. The van der Waals surface area contributed by atoms with Gasteiger partial charge in [0.2, 0.25) is 5.91 Å². The minimum absolute atomic E-state index is 0.306. The van der Waals surface area contributed by atoms with Crippen LogP contribution in [0.25, 0.3) is 0 Å². The summed E-state index contributed by atoms with van der Waals surface area (Å²) in [7, 11) is 4.14. The molecule has 4 nitrogen and oxygen atoms in total. The molecule has 0 saturated carbocycles. The topological polar surface area (TPSA) is 35.6 Å². The van der Waals surface area contributed by atoms with Gasteiger partial charge < -0.3 is 15.1 Å². The summed E-state index contributed by atoms with van der Waals surface area (Å²) in [6.45, 7) is 4.42. The van der Waals surface area contributed by atoms with Crippen LogP contribution in [0.3, 0.4) is 0 Å². The molecule has 0 spiro atoms. The lowest BCUT2D eigenvalue weighted by Crippen LogP contribution is -2.34. The van der Waals surface area contributed by atoms with Gasteiger partial charge in [0.25, 0.3) is 0 Å². The average molecular weight is 253 g/mol. The largest absolute Gasteiger partial charge is 0.346 e. The molecule has 18 heavy (non-hydrogen) atoms. The molecular weight excluding hydrogens is 226 g/mol. The quantitative estimate of drug-likeness (QED) is 0.792. The molecule has 2 unspecified atom stereocenters. The van der Waals surface area contributed by atoms with Crippen LogP contribution in [0.2, 0.25) is 0 Å². The number of nitrogens with zero attached hydrogens (tertiary/aromatic N) is 2. The predicted octanol–water partition coefficient (Wildman–Crippen LogP) is 0.929. The summed E-state index contributed by atoms with van der Waals surface area (Å²) in [4.78, 5) is 16.4. The van der Waals surface area contributed by atoms with Crippen molar-refractivity contribution < 1.29 is 4.79 Å². The molecule has 0 aromatic carbocycles. The van der Waals surface area contributed by atoms with Crippen molar-refractivity contribution >= 4 is 5.91 Å². The Kier molecular flexibility index (Phi) is 5.01. The molecule has 2 aliphatic rings. The summed E-state index contributed by atoms with van der Waals surface area (Å²) in [5, 5.41) is 3.39. The molecule has 2 rings (SSSR count). The third-order valence-electron chi connectivity index (χ3n) is 4.37. The highest BCUT2D eigenvalue weighted by Gasteiger charge is 2.22. The molecule has 0 aliphatic carbocycles. The Bertz CT molecular complexity index is 276. The van der Waals surface area contributed by atoms with Crippen molar-refractivity contribution in [2.45, 2.75) is 38.1 Å². The number of nitrogens with one attached hydrogen (secondary N) is 1. The van der Waals surface area contributed by atoms with Crippen LogP contribution >= 0.6 is 0 Å². The number of rotatable bonds is 5. The van der Waals surface area contributed by atoms with Gasteiger partial charge in [-0.2, -0.15) is 0 Å². The van der Waals surface area contributed by atoms with Crippen LogP contribution in [0.1, 0.15) is 32.1 Å². The van der Waals surface area contributed by atoms with Crippen molar-refractivity contribution in [3.63, 3.8) is 0 Å². The zero-order chi connectivity index (χ0) is 13.0. The van der Waals surface area contributed by atoms with Gasteiger partial charge in [0.15, 0.2) is 0 Å². The Morgan fingerprint density at radius 1 is 1.44 bits per heavy atom. The first kappa shape index (κ1) is 13.8. The Labute approximate surface area is 111 Å². The molecule has 2 saturated heterocycles. The maximum absolute atomic E-state index is 12.0. The molecule has 0 aromatic rings. The lowest BCUT2D eigenvalue weighted by atomic mass is 10.0. The minimum Gasteiger partial charge on any atom is -0.346 e. The smallest absolute Gasteiger partial charge is 0.223 e. The van der Waals surface area contributed by atoms with Gasteiger partial charge in [-0.15, -0.1) is 0 Å². The van der Waals surface area contributed by atoms with E-state index in [4.69, 9.17) is 0 Å². The first-order chi connectivity index (χ1) is 8.65. The number of likely N-dealkylation sites (tertiary alicyclic amines) is 1. The number of carbonyl (C=O) groups excluding carboxylic acids is 1. The van der Waals surface area contributed by atoms with E-state index in [-0.39, 0.29) is 0 Å². The molecule has 0 radical (unpaired) electrons. The van der Waals surface area contributed by atoms with E-state index in [0.29, 0.717) is 18.4 Å². The van der Waals surface area contributed by atoms with Crippen molar-refractivity contribution in [1.82, 2.24) is 15.1 Å². The first-order valence-corrected chi connectivity index (χ1v) is 7.31. The fourth-order valence-electron chi connectivity index (χ4n) is 3.06. The van der Waals surface area contributed by atoms with E-state index in [1.165, 1.54) is 25.9 Å². The molecule has 0 aromatic heterocycles. The van der Waals surface area contributed by atoms with E-state index in [1.807, 2.05) is 11.9 Å². The van der Waals surface area contributed by atoms with Crippen LogP contribution < -0.4 is 5.32 Å². The molecule has 2 aliphatic heterocycles. The number of carbonyl (C=O) groups is 1. The molecule has 1 amide bonds. The van der Waals surface area contributed by atoms with Gasteiger partial charge in [0, 0.05) is 32.6 Å². The van der Waals surface area contributed by atoms with Crippen LogP contribution in [-0.4, -0.2) is 62.0 Å². The third kappa shape index (κ3) is 3.95. The number of hydrogen-bond donors (Lipinski definition) is 1. The van der Waals surface area contributed by atoms with Gasteiger partial charge in [-0.3, -0.25) is 4.79 Å². The standard InChI is InChI=1S/C14H27N3O/c1-16-8-5-12(11-16)6-9-17(2)14(18)10-13-4-3-7-15-13/h12-13,15H,3-11H2,1-2H3. The Balaban J connectivity index is 1.63. The first-order valence-electron chi connectivity index (χ1n) is 7.31. The summed E-state index contributed by atoms with van der Waals surface area (Å²) in [5.74, 6) is 1.09. The van der Waals surface area contributed by atoms with Crippen LogP contribution in [-0.2, 0) is 4.79 Å². The molecule has 4 heteroatoms. The zero-order valence-corrected chi connectivity index (χ0v) is 11.8. The Morgan fingerprint density at radius 3 is 2.89 bits per heavy atom. The van der Waals surface area contributed by atoms with Crippen LogP contribution in [0, 0.1) is 5.92 Å². The fraction of sp³-hybridized carbons (Fsp3) is 0.929. The molecule has 1 N–H and O–H groups in total. The second kappa shape index (κ2) is 6.53. The molecular formula is C14H27N3O. The summed E-state index contributed by atoms with van der Waals surface area (Å²) in [5.41, 5.74) is 0. The van der Waals surface area contributed by atoms with Crippen LogP contribution in [0.15, 0.2) is 0 Å². The highest BCUT2D eigenvalue weighted by atomic mass is 16.2. The summed E-state index contributed by atoms with van der Waals surface area (Å²) < 4.78 is 0. The Hall–Kier alpha value is -0.610. The molecule has 0 bridgehead atoms. The van der Waals surface area contributed by atoms with E-state index in [0.717, 1.165) is 31.8 Å². The van der Waals surface area contributed by atoms with Gasteiger partial charge in [-0.25, -0.2) is 0 Å². The number of amides is 1. The second-order valence-electron chi connectivity index (χ2n) is 6.02. The SMILES string of the molecule is CN1CCC(CCN(C)C(=O)CC2CCCN2)C1. The summed E-state index contributed by atoms with van der Waals surface area (Å²) in [6, 6.07) is 0.428. The van der Waals surface area contributed by atoms with E-state index in [1.54, 1.807) is 0 Å². The van der Waals surface area contributed by atoms with Gasteiger partial charge in [0.1, 0.15) is 0 Å². The molecule has 2 atom stereocenters. The van der Waals surface area contributed by atoms with Gasteiger partial charge in [-0.05, 0) is 51.7 Å². The summed E-state index contributed by atoms with van der Waals surface area (Å²) in [6.07, 6.45) is 5.51. The fourth-order valence-corrected chi connectivity index (χ4v) is 3.06. The Morgan fingerprint density at radius 2 is 2.28 bits per heavy atom. The van der Waals surface area contributed by atoms with Crippen molar-refractivity contribution in [2.24, 2.45) is 5.92 Å². The van der Waals surface area contributed by atoms with E-state index in [9.17, 15) is 4.79 Å². The lowest BCUT2D eigenvalue weighted by molar-refractivity contribution is -0.130. The van der Waals surface area contributed by atoms with E-state index < -0.39 is 0 Å². The highest BCUT2D eigenvalue weighted by molar-refractivity contribution is 5.76. The van der Waals surface area contributed by atoms with Crippen molar-refractivity contribution in [2.75, 3.05) is 40.3 Å². The van der Waals surface area contributed by atoms with E-state index in [2.05, 4.69) is 17.3 Å². The lowest BCUT2D eigenvalue weighted by Gasteiger charge is -2.21. The van der Waals surface area contributed by atoms with Crippen molar-refractivity contribution in [3.8, 4) is 0 Å². The van der Waals surface area contributed by atoms with Gasteiger partial charge >= 0.3 is 0 Å². The number of hydrogen-bond acceptors (Lipinski definition) is 3. The second-order valence-corrected chi connectivity index (χ2v) is 6.02. The van der Waals surface area contributed by atoms with Crippen LogP contribution in [0.4, 0.5) is 0 Å². The van der Waals surface area contributed by atoms with Crippen molar-refractivity contribution in [1.29, 1.82) is 0 Å². The minimum atomic E-state index is 0.306. The molecule has 104 valence electrons. The third-order valence-corrected chi connectivity index (χ3v) is 4.37. The summed E-state index contributed by atoms with van der Waals surface area (Å²) >= 11 is 0. The molecule has 2 fully saturated rings. The normalized spacial score (nSPS) is 28.8. The highest BCUT2D eigenvalue weighted by Crippen LogP contribution is 2.18. The van der Waals surface area contributed by atoms with Crippen molar-refractivity contribution in [3.05, 3.63) is 0 Å². The van der Waals surface area contributed by atoms with Gasteiger partial charge in [-0.1, -0.05) is 0 Å². The zero-order valence-electron chi connectivity index (χ0n) is 11.8. The van der Waals surface area contributed by atoms with Gasteiger partial charge in [0.05, 0.1) is 0 Å². The van der Waals surface area contributed by atoms with E-state index >= 15 is 0 Å². The monoisotopic (exact) mass is 253 g/mol. The maximum atomic E-state index is 12.0.